The van der Waals surface area contributed by atoms with E-state index in [1.54, 1.807) is 0 Å². The fourth-order valence-corrected chi connectivity index (χ4v) is 2.67. The number of ether oxygens (including phenoxy) is 1. The van der Waals surface area contributed by atoms with Crippen molar-refractivity contribution in [3.05, 3.63) is 11.9 Å². The summed E-state index contributed by atoms with van der Waals surface area (Å²) in [6.07, 6.45) is 5.59. The van der Waals surface area contributed by atoms with E-state index in [0.717, 1.165) is 37.8 Å². The van der Waals surface area contributed by atoms with Crippen LogP contribution in [0.3, 0.4) is 0 Å². The van der Waals surface area contributed by atoms with Crippen LogP contribution in [0.2, 0.25) is 0 Å². The number of hydrogen-bond donors (Lipinski definition) is 1. The van der Waals surface area contributed by atoms with Gasteiger partial charge in [0.05, 0.1) is 5.69 Å². The summed E-state index contributed by atoms with van der Waals surface area (Å²) >= 11 is 0. The maximum Gasteiger partial charge on any atom is 0.203 e. The molecular formula is C16H31N3O. The summed E-state index contributed by atoms with van der Waals surface area (Å²) in [5.41, 5.74) is 1.08. The Morgan fingerprint density at radius 3 is 2.60 bits per heavy atom. The van der Waals surface area contributed by atoms with Gasteiger partial charge >= 0.3 is 0 Å². The second-order valence-corrected chi connectivity index (χ2v) is 5.41. The van der Waals surface area contributed by atoms with Crippen LogP contribution in [0, 0.1) is 12.8 Å². The second kappa shape index (κ2) is 9.01. The Hall–Kier alpha value is -1.03. The standard InChI is InChI=1S/C16H31N3O/c1-6-15(7-2)14(5)19-12-13(4)18-16(19)17-10-9-11-20-8-3/h12,14-15H,6-11H2,1-5H3,(H,17,18). The van der Waals surface area contributed by atoms with Crippen molar-refractivity contribution in [3.63, 3.8) is 0 Å². The maximum atomic E-state index is 5.36. The minimum absolute atomic E-state index is 0.487. The molecular weight excluding hydrogens is 250 g/mol. The van der Waals surface area contributed by atoms with Gasteiger partial charge in [-0.3, -0.25) is 0 Å². The molecule has 1 aromatic heterocycles. The third kappa shape index (κ3) is 4.82. The van der Waals surface area contributed by atoms with Crippen molar-refractivity contribution in [2.24, 2.45) is 5.92 Å². The van der Waals surface area contributed by atoms with Crippen molar-refractivity contribution in [3.8, 4) is 0 Å². The van der Waals surface area contributed by atoms with Crippen molar-refractivity contribution < 1.29 is 4.74 Å². The van der Waals surface area contributed by atoms with E-state index >= 15 is 0 Å². The van der Waals surface area contributed by atoms with Crippen molar-refractivity contribution in [1.29, 1.82) is 0 Å². The molecule has 0 aliphatic heterocycles. The Bertz CT molecular complexity index is 372. The van der Waals surface area contributed by atoms with Gasteiger partial charge in [0.1, 0.15) is 0 Å². The van der Waals surface area contributed by atoms with Gasteiger partial charge in [0.2, 0.25) is 5.95 Å². The molecule has 1 N–H and O–H groups in total. The van der Waals surface area contributed by atoms with E-state index < -0.39 is 0 Å². The summed E-state index contributed by atoms with van der Waals surface area (Å²) in [5.74, 6) is 1.70. The van der Waals surface area contributed by atoms with Crippen LogP contribution in [0.4, 0.5) is 5.95 Å². The highest BCUT2D eigenvalue weighted by molar-refractivity contribution is 5.29. The Morgan fingerprint density at radius 2 is 2.00 bits per heavy atom. The molecule has 0 aromatic carbocycles. The minimum Gasteiger partial charge on any atom is -0.382 e. The molecule has 0 saturated heterocycles. The van der Waals surface area contributed by atoms with Crippen LogP contribution in [0.5, 0.6) is 0 Å². The first-order chi connectivity index (χ1) is 9.63. The predicted molar refractivity (Wildman–Crippen MR) is 85.3 cm³/mol. The number of nitrogens with one attached hydrogen (secondary N) is 1. The Morgan fingerprint density at radius 1 is 1.30 bits per heavy atom. The Kier molecular flexibility index (Phi) is 7.67. The van der Waals surface area contributed by atoms with Crippen molar-refractivity contribution >= 4 is 5.95 Å². The van der Waals surface area contributed by atoms with E-state index in [1.807, 2.05) is 6.92 Å². The number of hydrogen-bond acceptors (Lipinski definition) is 3. The summed E-state index contributed by atoms with van der Waals surface area (Å²) in [6, 6.07) is 0.487. The highest BCUT2D eigenvalue weighted by Gasteiger charge is 2.18. The number of anilines is 1. The summed E-state index contributed by atoms with van der Waals surface area (Å²) in [5, 5.41) is 3.45. The van der Waals surface area contributed by atoms with E-state index in [4.69, 9.17) is 4.74 Å². The van der Waals surface area contributed by atoms with Crippen LogP contribution < -0.4 is 5.32 Å². The van der Waals surface area contributed by atoms with E-state index in [9.17, 15) is 0 Å². The molecule has 0 amide bonds. The van der Waals surface area contributed by atoms with Gasteiger partial charge in [0.15, 0.2) is 0 Å². The van der Waals surface area contributed by atoms with E-state index in [-0.39, 0.29) is 0 Å². The van der Waals surface area contributed by atoms with Gasteiger partial charge in [-0.15, -0.1) is 0 Å². The predicted octanol–water partition coefficient (Wildman–Crippen LogP) is 4.03. The topological polar surface area (TPSA) is 39.1 Å². The first kappa shape index (κ1) is 17.0. The van der Waals surface area contributed by atoms with Gasteiger partial charge in [0, 0.05) is 32.0 Å². The molecule has 0 radical (unpaired) electrons. The summed E-state index contributed by atoms with van der Waals surface area (Å²) in [4.78, 5) is 4.61. The molecule has 0 saturated carbocycles. The minimum atomic E-state index is 0.487. The van der Waals surface area contributed by atoms with Crippen molar-refractivity contribution in [1.82, 2.24) is 9.55 Å². The van der Waals surface area contributed by atoms with Crippen LogP contribution in [-0.4, -0.2) is 29.3 Å². The molecule has 116 valence electrons. The molecule has 1 unspecified atom stereocenters. The third-order valence-electron chi connectivity index (χ3n) is 3.98. The molecule has 20 heavy (non-hydrogen) atoms. The zero-order chi connectivity index (χ0) is 15.0. The quantitative estimate of drug-likeness (QED) is 0.658. The molecule has 0 fully saturated rings. The Labute approximate surface area is 123 Å². The SMILES string of the molecule is CCOCCCNc1nc(C)cn1C(C)C(CC)CC. The first-order valence-electron chi connectivity index (χ1n) is 8.01. The molecule has 1 heterocycles. The van der Waals surface area contributed by atoms with Gasteiger partial charge in [0.25, 0.3) is 0 Å². The van der Waals surface area contributed by atoms with Crippen molar-refractivity contribution in [2.45, 2.75) is 59.9 Å². The molecule has 0 aliphatic rings. The summed E-state index contributed by atoms with van der Waals surface area (Å²) in [7, 11) is 0. The monoisotopic (exact) mass is 281 g/mol. The zero-order valence-corrected chi connectivity index (χ0v) is 13.8. The van der Waals surface area contributed by atoms with Gasteiger partial charge in [-0.2, -0.15) is 0 Å². The van der Waals surface area contributed by atoms with E-state index in [2.05, 4.69) is 48.8 Å². The molecule has 0 aliphatic carbocycles. The fraction of sp³-hybridized carbons (Fsp3) is 0.812. The van der Waals surface area contributed by atoms with Gasteiger partial charge < -0.3 is 14.6 Å². The fourth-order valence-electron chi connectivity index (χ4n) is 2.67. The Balaban J connectivity index is 2.62. The number of imidazole rings is 1. The average Bonchev–Trinajstić information content (AvgIpc) is 2.81. The normalized spacial score (nSPS) is 12.9. The van der Waals surface area contributed by atoms with Crippen LogP contribution in [-0.2, 0) is 4.74 Å². The second-order valence-electron chi connectivity index (χ2n) is 5.41. The molecule has 1 rings (SSSR count). The molecule has 4 nitrogen and oxygen atoms in total. The van der Waals surface area contributed by atoms with Crippen LogP contribution in [0.15, 0.2) is 6.20 Å². The number of nitrogens with zero attached hydrogens (tertiary/aromatic N) is 2. The number of aromatic nitrogens is 2. The van der Waals surface area contributed by atoms with Gasteiger partial charge in [-0.1, -0.05) is 26.7 Å². The summed E-state index contributed by atoms with van der Waals surface area (Å²) in [6.45, 7) is 13.4. The van der Waals surface area contributed by atoms with Crippen LogP contribution in [0.1, 0.15) is 58.7 Å². The number of rotatable bonds is 10. The molecule has 0 spiro atoms. The highest BCUT2D eigenvalue weighted by atomic mass is 16.5. The summed E-state index contributed by atoms with van der Waals surface area (Å²) < 4.78 is 7.66. The lowest BCUT2D eigenvalue weighted by molar-refractivity contribution is 0.147. The van der Waals surface area contributed by atoms with Crippen LogP contribution in [0.25, 0.3) is 0 Å². The van der Waals surface area contributed by atoms with Crippen molar-refractivity contribution in [2.75, 3.05) is 25.1 Å². The third-order valence-corrected chi connectivity index (χ3v) is 3.98. The lowest BCUT2D eigenvalue weighted by atomic mass is 9.95. The number of aryl methyl sites for hydroxylation is 1. The van der Waals surface area contributed by atoms with E-state index in [1.165, 1.54) is 12.8 Å². The largest absolute Gasteiger partial charge is 0.382 e. The lowest BCUT2D eigenvalue weighted by Gasteiger charge is -2.24. The maximum absolute atomic E-state index is 5.36. The van der Waals surface area contributed by atoms with E-state index in [0.29, 0.717) is 12.0 Å². The van der Waals surface area contributed by atoms with Gasteiger partial charge in [-0.25, -0.2) is 4.98 Å². The lowest BCUT2D eigenvalue weighted by Crippen LogP contribution is -2.18. The molecule has 1 aromatic rings. The first-order valence-corrected chi connectivity index (χ1v) is 8.01. The van der Waals surface area contributed by atoms with Crippen LogP contribution >= 0.6 is 0 Å². The molecule has 4 heteroatoms. The highest BCUT2D eigenvalue weighted by Crippen LogP contribution is 2.27. The molecule has 0 bridgehead atoms. The average molecular weight is 281 g/mol. The zero-order valence-electron chi connectivity index (χ0n) is 13.8. The molecule has 1 atom stereocenters. The van der Waals surface area contributed by atoms with Gasteiger partial charge in [-0.05, 0) is 33.1 Å². The smallest absolute Gasteiger partial charge is 0.203 e.